The Hall–Kier alpha value is -1.55. The Morgan fingerprint density at radius 1 is 1.37 bits per heavy atom. The van der Waals surface area contributed by atoms with Gasteiger partial charge in [0.15, 0.2) is 0 Å². The normalized spacial score (nSPS) is 12.9. The third kappa shape index (κ3) is 3.70. The van der Waals surface area contributed by atoms with Crippen molar-refractivity contribution < 1.29 is 14.3 Å². The smallest absolute Gasteiger partial charge is 0.313 e. The Morgan fingerprint density at radius 2 is 2.00 bits per heavy atom. The maximum atomic E-state index is 11.9. The minimum Gasteiger partial charge on any atom is -0.496 e. The number of benzene rings is 1. The Bertz CT molecular complexity index is 429. The van der Waals surface area contributed by atoms with E-state index in [2.05, 4.69) is 0 Å². The van der Waals surface area contributed by atoms with Crippen LogP contribution in [0.2, 0.25) is 0 Å². The van der Waals surface area contributed by atoms with Crippen LogP contribution in [0.5, 0.6) is 5.75 Å². The second kappa shape index (κ2) is 6.57. The number of esters is 1. The molecule has 1 aromatic rings. The van der Waals surface area contributed by atoms with E-state index in [-0.39, 0.29) is 12.0 Å². The molecular weight excluding hydrogens is 242 g/mol. The first-order chi connectivity index (χ1) is 8.93. The van der Waals surface area contributed by atoms with E-state index >= 15 is 0 Å². The van der Waals surface area contributed by atoms with E-state index in [0.29, 0.717) is 13.0 Å². The molecule has 0 radical (unpaired) electrons. The van der Waals surface area contributed by atoms with Crippen LogP contribution in [0.1, 0.15) is 26.3 Å². The van der Waals surface area contributed by atoms with Gasteiger partial charge in [0.25, 0.3) is 0 Å². The number of para-hydroxylation sites is 1. The van der Waals surface area contributed by atoms with Crippen LogP contribution in [0.15, 0.2) is 24.3 Å². The predicted octanol–water partition coefficient (Wildman–Crippen LogP) is 2.15. The molecule has 0 aliphatic carbocycles. The molecule has 0 aliphatic heterocycles. The zero-order valence-corrected chi connectivity index (χ0v) is 12.1. The van der Waals surface area contributed by atoms with Crippen LogP contribution in [0.25, 0.3) is 0 Å². The molecule has 0 amide bonds. The Kier molecular flexibility index (Phi) is 5.36. The summed E-state index contributed by atoms with van der Waals surface area (Å²) >= 11 is 0. The van der Waals surface area contributed by atoms with Crippen molar-refractivity contribution in [2.75, 3.05) is 13.7 Å². The molecule has 106 valence electrons. The molecule has 19 heavy (non-hydrogen) atoms. The summed E-state index contributed by atoms with van der Waals surface area (Å²) in [5.41, 5.74) is 6.45. The first kappa shape index (κ1) is 15.5. The summed E-state index contributed by atoms with van der Waals surface area (Å²) < 4.78 is 10.4. The highest BCUT2D eigenvalue weighted by Gasteiger charge is 2.36. The van der Waals surface area contributed by atoms with E-state index < -0.39 is 5.41 Å². The first-order valence-corrected chi connectivity index (χ1v) is 6.48. The van der Waals surface area contributed by atoms with Crippen molar-refractivity contribution in [2.45, 2.75) is 33.2 Å². The van der Waals surface area contributed by atoms with Gasteiger partial charge in [-0.3, -0.25) is 4.79 Å². The van der Waals surface area contributed by atoms with Gasteiger partial charge in [0.2, 0.25) is 0 Å². The average molecular weight is 265 g/mol. The molecule has 1 unspecified atom stereocenters. The van der Waals surface area contributed by atoms with Crippen LogP contribution in [0.4, 0.5) is 0 Å². The number of hydrogen-bond acceptors (Lipinski definition) is 4. The second-order valence-corrected chi connectivity index (χ2v) is 5.06. The minimum absolute atomic E-state index is 0.266. The Labute approximate surface area is 114 Å². The van der Waals surface area contributed by atoms with E-state index in [9.17, 15) is 4.79 Å². The van der Waals surface area contributed by atoms with Crippen LogP contribution in [-0.4, -0.2) is 25.7 Å². The average Bonchev–Trinajstić information content (AvgIpc) is 2.39. The van der Waals surface area contributed by atoms with Crippen molar-refractivity contribution in [2.24, 2.45) is 11.1 Å². The van der Waals surface area contributed by atoms with Crippen LogP contribution in [0.3, 0.4) is 0 Å². The summed E-state index contributed by atoms with van der Waals surface area (Å²) in [6.45, 7) is 5.78. The van der Waals surface area contributed by atoms with Gasteiger partial charge in [-0.15, -0.1) is 0 Å². The fourth-order valence-corrected chi connectivity index (χ4v) is 1.83. The third-order valence-corrected chi connectivity index (χ3v) is 3.36. The molecule has 0 aromatic heterocycles. The highest BCUT2D eigenvalue weighted by Crippen LogP contribution is 2.27. The lowest BCUT2D eigenvalue weighted by molar-refractivity contribution is -0.154. The van der Waals surface area contributed by atoms with E-state index in [1.165, 1.54) is 0 Å². The van der Waals surface area contributed by atoms with Gasteiger partial charge in [-0.1, -0.05) is 18.2 Å². The number of carbonyl (C=O) groups is 1. The summed E-state index contributed by atoms with van der Waals surface area (Å²) in [6, 6.07) is 7.36. The van der Waals surface area contributed by atoms with Crippen molar-refractivity contribution in [3.63, 3.8) is 0 Å². The second-order valence-electron chi connectivity index (χ2n) is 5.06. The van der Waals surface area contributed by atoms with E-state index in [1.807, 2.05) is 38.1 Å². The lowest BCUT2D eigenvalue weighted by Crippen LogP contribution is -2.45. The summed E-state index contributed by atoms with van der Waals surface area (Å²) in [5, 5.41) is 0. The monoisotopic (exact) mass is 265 g/mol. The molecule has 0 aliphatic rings. The van der Waals surface area contributed by atoms with Gasteiger partial charge < -0.3 is 15.2 Å². The molecule has 0 saturated heterocycles. The molecule has 0 saturated carbocycles. The summed E-state index contributed by atoms with van der Waals surface area (Å²) in [6.07, 6.45) is 0.565. The van der Waals surface area contributed by atoms with Gasteiger partial charge in [-0.25, -0.2) is 0 Å². The SMILES string of the molecule is CCOC(=O)C(C)(C)C(N)Cc1ccccc1OC. The molecule has 4 nitrogen and oxygen atoms in total. The number of nitrogens with two attached hydrogens (primary N) is 1. The Morgan fingerprint density at radius 3 is 2.58 bits per heavy atom. The Balaban J connectivity index is 2.83. The van der Waals surface area contributed by atoms with Crippen LogP contribution < -0.4 is 10.5 Å². The minimum atomic E-state index is -0.725. The quantitative estimate of drug-likeness (QED) is 0.801. The van der Waals surface area contributed by atoms with E-state index in [1.54, 1.807) is 14.0 Å². The number of carbonyl (C=O) groups excluding carboxylic acids is 1. The summed E-state index contributed by atoms with van der Waals surface area (Å²) in [4.78, 5) is 11.9. The number of rotatable bonds is 6. The molecule has 0 fully saturated rings. The van der Waals surface area contributed by atoms with Crippen molar-refractivity contribution >= 4 is 5.97 Å². The third-order valence-electron chi connectivity index (χ3n) is 3.36. The lowest BCUT2D eigenvalue weighted by Gasteiger charge is -2.29. The van der Waals surface area contributed by atoms with Crippen molar-refractivity contribution in [1.82, 2.24) is 0 Å². The molecule has 2 N–H and O–H groups in total. The first-order valence-electron chi connectivity index (χ1n) is 6.48. The maximum Gasteiger partial charge on any atom is 0.313 e. The molecule has 0 heterocycles. The molecule has 0 bridgehead atoms. The topological polar surface area (TPSA) is 61.5 Å². The van der Waals surface area contributed by atoms with Crippen LogP contribution in [-0.2, 0) is 16.0 Å². The molecule has 4 heteroatoms. The van der Waals surface area contributed by atoms with Crippen molar-refractivity contribution in [3.8, 4) is 5.75 Å². The standard InChI is InChI=1S/C15H23NO3/c1-5-19-14(17)15(2,3)13(16)10-11-8-6-7-9-12(11)18-4/h6-9,13H,5,10,16H2,1-4H3. The van der Waals surface area contributed by atoms with Gasteiger partial charge in [0, 0.05) is 6.04 Å². The van der Waals surface area contributed by atoms with Gasteiger partial charge in [0.05, 0.1) is 19.1 Å². The molecular formula is C15H23NO3. The van der Waals surface area contributed by atoms with E-state index in [0.717, 1.165) is 11.3 Å². The van der Waals surface area contributed by atoms with Crippen molar-refractivity contribution in [1.29, 1.82) is 0 Å². The van der Waals surface area contributed by atoms with Crippen LogP contribution >= 0.6 is 0 Å². The lowest BCUT2D eigenvalue weighted by atomic mass is 9.81. The fourth-order valence-electron chi connectivity index (χ4n) is 1.83. The maximum absolute atomic E-state index is 11.9. The molecule has 1 aromatic carbocycles. The van der Waals surface area contributed by atoms with E-state index in [4.69, 9.17) is 15.2 Å². The zero-order chi connectivity index (χ0) is 14.5. The zero-order valence-electron chi connectivity index (χ0n) is 12.1. The van der Waals surface area contributed by atoms with Crippen molar-refractivity contribution in [3.05, 3.63) is 29.8 Å². The summed E-state index contributed by atoms with van der Waals surface area (Å²) in [7, 11) is 1.63. The molecule has 1 atom stereocenters. The highest BCUT2D eigenvalue weighted by atomic mass is 16.5. The largest absolute Gasteiger partial charge is 0.496 e. The fraction of sp³-hybridized carbons (Fsp3) is 0.533. The molecule has 0 spiro atoms. The van der Waals surface area contributed by atoms with Gasteiger partial charge in [-0.2, -0.15) is 0 Å². The van der Waals surface area contributed by atoms with Crippen LogP contribution in [0, 0.1) is 5.41 Å². The van der Waals surface area contributed by atoms with Gasteiger partial charge >= 0.3 is 5.97 Å². The number of methoxy groups -OCH3 is 1. The summed E-state index contributed by atoms with van der Waals surface area (Å²) in [5.74, 6) is 0.523. The number of hydrogen-bond donors (Lipinski definition) is 1. The molecule has 1 rings (SSSR count). The van der Waals surface area contributed by atoms with Gasteiger partial charge in [0.1, 0.15) is 5.75 Å². The number of ether oxygens (including phenoxy) is 2. The highest BCUT2D eigenvalue weighted by molar-refractivity contribution is 5.76. The van der Waals surface area contributed by atoms with Gasteiger partial charge in [-0.05, 0) is 38.8 Å². The predicted molar refractivity (Wildman–Crippen MR) is 75.1 cm³/mol.